The Balaban J connectivity index is 1.82. The molecule has 0 spiro atoms. The lowest BCUT2D eigenvalue weighted by Gasteiger charge is -2.02. The van der Waals surface area contributed by atoms with Gasteiger partial charge in [0, 0.05) is 16.3 Å². The van der Waals surface area contributed by atoms with Crippen LogP contribution in [0.3, 0.4) is 0 Å². The number of carbonyl (C=O) groups excluding carboxylic acids is 1. The molecule has 0 aliphatic carbocycles. The molecule has 3 aromatic rings. The minimum Gasteiger partial charge on any atom is -0.317 e. The van der Waals surface area contributed by atoms with Crippen LogP contribution in [0.5, 0.6) is 0 Å². The summed E-state index contributed by atoms with van der Waals surface area (Å²) in [6.07, 6.45) is 0. The zero-order chi connectivity index (χ0) is 14.1. The van der Waals surface area contributed by atoms with E-state index in [9.17, 15) is 4.79 Å². The molecule has 7 heteroatoms. The summed E-state index contributed by atoms with van der Waals surface area (Å²) in [6, 6.07) is 2.00. The van der Waals surface area contributed by atoms with Crippen LogP contribution >= 0.6 is 22.7 Å². The first-order chi connectivity index (χ1) is 9.65. The zero-order valence-electron chi connectivity index (χ0n) is 10.9. The van der Waals surface area contributed by atoms with Crippen molar-refractivity contribution in [2.75, 3.05) is 5.32 Å². The van der Waals surface area contributed by atoms with Crippen molar-refractivity contribution in [2.45, 2.75) is 13.8 Å². The van der Waals surface area contributed by atoms with Gasteiger partial charge in [-0.2, -0.15) is 16.4 Å². The van der Waals surface area contributed by atoms with E-state index < -0.39 is 0 Å². The largest absolute Gasteiger partial charge is 0.317 e. The lowest BCUT2D eigenvalue weighted by molar-refractivity contribution is 0.102. The number of anilines is 1. The van der Waals surface area contributed by atoms with Gasteiger partial charge in [0.05, 0.1) is 17.1 Å². The maximum atomic E-state index is 12.2. The summed E-state index contributed by atoms with van der Waals surface area (Å²) >= 11 is 3.08. The predicted molar refractivity (Wildman–Crippen MR) is 81.4 cm³/mol. The quantitative estimate of drug-likeness (QED) is 0.778. The molecule has 0 aliphatic heterocycles. The average molecular weight is 304 g/mol. The number of carbonyl (C=O) groups is 1. The molecule has 0 atom stereocenters. The fourth-order valence-electron chi connectivity index (χ4n) is 1.81. The van der Waals surface area contributed by atoms with Gasteiger partial charge in [-0.25, -0.2) is 4.98 Å². The molecule has 0 saturated carbocycles. The number of aromatic nitrogens is 3. The van der Waals surface area contributed by atoms with Gasteiger partial charge in [0.25, 0.3) is 5.91 Å². The van der Waals surface area contributed by atoms with Crippen LogP contribution in [0.2, 0.25) is 0 Å². The monoisotopic (exact) mass is 304 g/mol. The molecule has 1 amide bonds. The lowest BCUT2D eigenvalue weighted by atomic mass is 10.3. The van der Waals surface area contributed by atoms with Crippen molar-refractivity contribution in [1.82, 2.24) is 15.2 Å². The Labute approximate surface area is 123 Å². The highest BCUT2D eigenvalue weighted by molar-refractivity contribution is 7.14. The molecule has 0 fully saturated rings. The molecule has 0 bridgehead atoms. The van der Waals surface area contributed by atoms with E-state index in [2.05, 4.69) is 20.5 Å². The smallest absolute Gasteiger partial charge is 0.275 e. The Morgan fingerprint density at radius 2 is 2.20 bits per heavy atom. The standard InChI is InChI=1S/C13H12N4OS2/c1-7-11(8(2)17-16-7)15-12(18)10-6-20-13(14-10)9-3-4-19-5-9/h3-6H,1-2H3,(H,15,18)(H,16,17). The number of hydrogen-bond acceptors (Lipinski definition) is 5. The van der Waals surface area contributed by atoms with E-state index in [0.717, 1.165) is 27.6 Å². The molecule has 0 aromatic carbocycles. The third kappa shape index (κ3) is 2.37. The van der Waals surface area contributed by atoms with Crippen molar-refractivity contribution in [3.63, 3.8) is 0 Å². The van der Waals surface area contributed by atoms with E-state index >= 15 is 0 Å². The predicted octanol–water partition coefficient (Wildman–Crippen LogP) is 3.46. The van der Waals surface area contributed by atoms with E-state index in [-0.39, 0.29) is 5.91 Å². The van der Waals surface area contributed by atoms with Crippen LogP contribution in [0, 0.1) is 13.8 Å². The molecule has 20 heavy (non-hydrogen) atoms. The van der Waals surface area contributed by atoms with Gasteiger partial charge in [-0.3, -0.25) is 9.89 Å². The number of thiophene rings is 1. The molecular weight excluding hydrogens is 292 g/mol. The highest BCUT2D eigenvalue weighted by Crippen LogP contribution is 2.26. The zero-order valence-corrected chi connectivity index (χ0v) is 12.6. The number of aryl methyl sites for hydroxylation is 2. The normalized spacial score (nSPS) is 10.7. The molecule has 2 N–H and O–H groups in total. The van der Waals surface area contributed by atoms with Crippen LogP contribution < -0.4 is 5.32 Å². The van der Waals surface area contributed by atoms with Gasteiger partial charge < -0.3 is 5.32 Å². The summed E-state index contributed by atoms with van der Waals surface area (Å²) in [4.78, 5) is 16.6. The van der Waals surface area contributed by atoms with Crippen molar-refractivity contribution in [3.05, 3.63) is 39.3 Å². The first-order valence-corrected chi connectivity index (χ1v) is 7.78. The second kappa shape index (κ2) is 5.18. The van der Waals surface area contributed by atoms with E-state index in [4.69, 9.17) is 0 Å². The first-order valence-electron chi connectivity index (χ1n) is 5.96. The lowest BCUT2D eigenvalue weighted by Crippen LogP contribution is -2.13. The summed E-state index contributed by atoms with van der Waals surface area (Å²) in [7, 11) is 0. The maximum absolute atomic E-state index is 12.2. The number of nitrogens with zero attached hydrogens (tertiary/aromatic N) is 2. The molecule has 3 aromatic heterocycles. The molecule has 102 valence electrons. The van der Waals surface area contributed by atoms with Gasteiger partial charge in [-0.1, -0.05) is 0 Å². The topological polar surface area (TPSA) is 70.7 Å². The van der Waals surface area contributed by atoms with Crippen molar-refractivity contribution >= 4 is 34.3 Å². The Morgan fingerprint density at radius 1 is 1.35 bits per heavy atom. The van der Waals surface area contributed by atoms with E-state index in [0.29, 0.717) is 5.69 Å². The number of H-pyrrole nitrogens is 1. The fraction of sp³-hybridized carbons (Fsp3) is 0.154. The van der Waals surface area contributed by atoms with Gasteiger partial charge in [-0.15, -0.1) is 11.3 Å². The fourth-order valence-corrected chi connectivity index (χ4v) is 3.32. The number of nitrogens with one attached hydrogen (secondary N) is 2. The molecule has 0 unspecified atom stereocenters. The van der Waals surface area contributed by atoms with Crippen molar-refractivity contribution in [2.24, 2.45) is 0 Å². The van der Waals surface area contributed by atoms with Crippen molar-refractivity contribution in [1.29, 1.82) is 0 Å². The SMILES string of the molecule is Cc1n[nH]c(C)c1NC(=O)c1csc(-c2ccsc2)n1. The van der Waals surface area contributed by atoms with Gasteiger partial charge in [0.2, 0.25) is 0 Å². The minimum atomic E-state index is -0.213. The Kier molecular flexibility index (Phi) is 3.37. The van der Waals surface area contributed by atoms with Crippen molar-refractivity contribution < 1.29 is 4.79 Å². The van der Waals surface area contributed by atoms with E-state index in [1.807, 2.05) is 30.7 Å². The molecule has 0 saturated heterocycles. The van der Waals surface area contributed by atoms with Crippen LogP contribution in [-0.4, -0.2) is 21.1 Å². The minimum absolute atomic E-state index is 0.213. The van der Waals surface area contributed by atoms with Crippen LogP contribution in [0.25, 0.3) is 10.6 Å². The molecular formula is C13H12N4OS2. The summed E-state index contributed by atoms with van der Waals surface area (Å²) in [5, 5.41) is 16.4. The molecule has 5 nitrogen and oxygen atoms in total. The molecule has 3 heterocycles. The van der Waals surface area contributed by atoms with Gasteiger partial charge >= 0.3 is 0 Å². The third-order valence-electron chi connectivity index (χ3n) is 2.87. The number of aromatic amines is 1. The summed E-state index contributed by atoms with van der Waals surface area (Å²) in [6.45, 7) is 3.71. The molecule has 0 aliphatic rings. The summed E-state index contributed by atoms with van der Waals surface area (Å²) in [5.41, 5.74) is 3.80. The average Bonchev–Trinajstić information content (AvgIpc) is 3.14. The van der Waals surface area contributed by atoms with Crippen LogP contribution in [-0.2, 0) is 0 Å². The number of rotatable bonds is 3. The molecule has 0 radical (unpaired) electrons. The van der Waals surface area contributed by atoms with E-state index in [1.54, 1.807) is 16.7 Å². The maximum Gasteiger partial charge on any atom is 0.275 e. The van der Waals surface area contributed by atoms with Gasteiger partial charge in [-0.05, 0) is 25.3 Å². The highest BCUT2D eigenvalue weighted by Gasteiger charge is 2.15. The second-order valence-electron chi connectivity index (χ2n) is 4.31. The Bertz CT molecular complexity index is 723. The molecule has 3 rings (SSSR count). The Hall–Kier alpha value is -1.99. The number of hydrogen-bond donors (Lipinski definition) is 2. The first kappa shape index (κ1) is 13.0. The van der Waals surface area contributed by atoms with Gasteiger partial charge in [0.15, 0.2) is 0 Å². The van der Waals surface area contributed by atoms with Crippen LogP contribution in [0.4, 0.5) is 5.69 Å². The van der Waals surface area contributed by atoms with Crippen molar-refractivity contribution in [3.8, 4) is 10.6 Å². The Morgan fingerprint density at radius 3 is 2.85 bits per heavy atom. The summed E-state index contributed by atoms with van der Waals surface area (Å²) in [5.74, 6) is -0.213. The van der Waals surface area contributed by atoms with Gasteiger partial charge in [0.1, 0.15) is 10.7 Å². The highest BCUT2D eigenvalue weighted by atomic mass is 32.1. The van der Waals surface area contributed by atoms with E-state index in [1.165, 1.54) is 11.3 Å². The van der Waals surface area contributed by atoms with Crippen LogP contribution in [0.15, 0.2) is 22.2 Å². The number of thiazole rings is 1. The summed E-state index contributed by atoms with van der Waals surface area (Å²) < 4.78 is 0. The third-order valence-corrected chi connectivity index (χ3v) is 4.45. The number of amides is 1. The van der Waals surface area contributed by atoms with Crippen LogP contribution in [0.1, 0.15) is 21.9 Å². The second-order valence-corrected chi connectivity index (χ2v) is 5.95.